The second kappa shape index (κ2) is 12.5. The first-order valence-corrected chi connectivity index (χ1v) is 12.0. The van der Waals surface area contributed by atoms with E-state index in [0.717, 1.165) is 73.9 Å². The van der Waals surface area contributed by atoms with Gasteiger partial charge in [-0.2, -0.15) is 0 Å². The normalized spacial score (nSPS) is 22.6. The van der Waals surface area contributed by atoms with Gasteiger partial charge in [-0.3, -0.25) is 14.7 Å². The lowest BCUT2D eigenvalue weighted by molar-refractivity contribution is -0.131. The molecule has 2 N–H and O–H groups in total. The lowest BCUT2D eigenvalue weighted by Crippen LogP contribution is -2.51. The number of aromatic carboxylic acids is 1. The van der Waals surface area contributed by atoms with Crippen molar-refractivity contribution in [1.29, 1.82) is 0 Å². The standard InChI is InChI=1S/C22H27N5O3S.3ClH/c28-21(27-9-10-31-14-27)19-11-15(12-23-19)25-5-7-26(8-6-25)20-16-3-1-2-4-18(16)24-13-17(20)22(29)30;;;/h1-4,13,15,19,23H,5-12,14H2,(H,29,30);3*1H/t15-,19-;;;/m0.../s1. The van der Waals surface area contributed by atoms with Crippen molar-refractivity contribution in [3.05, 3.63) is 36.0 Å². The summed E-state index contributed by atoms with van der Waals surface area (Å²) >= 11 is 1.82. The largest absolute Gasteiger partial charge is 0.478 e. The second-order valence-corrected chi connectivity index (χ2v) is 9.43. The molecule has 0 bridgehead atoms. The zero-order chi connectivity index (χ0) is 21.4. The number of hydrogen-bond acceptors (Lipinski definition) is 7. The van der Waals surface area contributed by atoms with Crippen LogP contribution in [0, 0.1) is 0 Å². The number of piperazine rings is 1. The summed E-state index contributed by atoms with van der Waals surface area (Å²) in [5.41, 5.74) is 1.83. The Balaban J connectivity index is 0.00000136. The van der Waals surface area contributed by atoms with Gasteiger partial charge < -0.3 is 20.2 Å². The minimum atomic E-state index is -0.947. The summed E-state index contributed by atoms with van der Waals surface area (Å²) in [5, 5.41) is 14.0. The summed E-state index contributed by atoms with van der Waals surface area (Å²) in [7, 11) is 0. The van der Waals surface area contributed by atoms with Crippen LogP contribution in [0.25, 0.3) is 10.9 Å². The number of pyridine rings is 1. The number of nitrogens with one attached hydrogen (secondary N) is 1. The molecule has 3 fully saturated rings. The molecule has 1 aromatic heterocycles. The Kier molecular flexibility index (Phi) is 10.5. The Bertz CT molecular complexity index is 1000. The van der Waals surface area contributed by atoms with E-state index in [2.05, 4.69) is 20.1 Å². The predicted molar refractivity (Wildman–Crippen MR) is 143 cm³/mol. The molecule has 0 aliphatic carbocycles. The first-order valence-electron chi connectivity index (χ1n) is 10.8. The molecular weight excluding hydrogens is 521 g/mol. The number of carboxylic acid groups (broad SMARTS) is 1. The summed E-state index contributed by atoms with van der Waals surface area (Å²) in [5.74, 6) is 1.13. The van der Waals surface area contributed by atoms with Gasteiger partial charge in [0, 0.05) is 62.6 Å². The van der Waals surface area contributed by atoms with E-state index in [4.69, 9.17) is 0 Å². The number of anilines is 1. The highest BCUT2D eigenvalue weighted by Gasteiger charge is 2.37. The number of halogens is 3. The fourth-order valence-electron chi connectivity index (χ4n) is 4.93. The fourth-order valence-corrected chi connectivity index (χ4v) is 5.88. The molecule has 188 valence electrons. The van der Waals surface area contributed by atoms with Gasteiger partial charge in [-0.25, -0.2) is 4.79 Å². The van der Waals surface area contributed by atoms with E-state index >= 15 is 0 Å². The highest BCUT2D eigenvalue weighted by Crippen LogP contribution is 2.31. The van der Waals surface area contributed by atoms with Gasteiger partial charge in [-0.1, -0.05) is 18.2 Å². The molecule has 0 radical (unpaired) electrons. The Morgan fingerprint density at radius 2 is 1.79 bits per heavy atom. The van der Waals surface area contributed by atoms with Crippen LogP contribution >= 0.6 is 49.0 Å². The summed E-state index contributed by atoms with van der Waals surface area (Å²) in [6, 6.07) is 7.98. The van der Waals surface area contributed by atoms with Crippen LogP contribution in [0.5, 0.6) is 0 Å². The first-order chi connectivity index (χ1) is 15.1. The highest BCUT2D eigenvalue weighted by molar-refractivity contribution is 7.99. The molecule has 1 aromatic carbocycles. The molecule has 0 spiro atoms. The molecule has 2 aromatic rings. The predicted octanol–water partition coefficient (Wildman–Crippen LogP) is 2.58. The van der Waals surface area contributed by atoms with Crippen LogP contribution in [0.15, 0.2) is 30.5 Å². The molecule has 0 unspecified atom stereocenters. The number of hydrogen-bond donors (Lipinski definition) is 2. The molecule has 8 nitrogen and oxygen atoms in total. The zero-order valence-electron chi connectivity index (χ0n) is 18.6. The minimum Gasteiger partial charge on any atom is -0.478 e. The Morgan fingerprint density at radius 1 is 1.06 bits per heavy atom. The van der Waals surface area contributed by atoms with Gasteiger partial charge in [0.15, 0.2) is 0 Å². The van der Waals surface area contributed by atoms with E-state index in [-0.39, 0.29) is 54.7 Å². The lowest BCUT2D eigenvalue weighted by atomic mass is 10.1. The lowest BCUT2D eigenvalue weighted by Gasteiger charge is -2.39. The molecule has 3 aliphatic rings. The van der Waals surface area contributed by atoms with E-state index in [1.165, 1.54) is 6.20 Å². The summed E-state index contributed by atoms with van der Waals surface area (Å²) in [6.07, 6.45) is 2.32. The minimum absolute atomic E-state index is 0. The van der Waals surface area contributed by atoms with E-state index in [9.17, 15) is 14.7 Å². The quantitative estimate of drug-likeness (QED) is 0.601. The molecule has 0 saturated carbocycles. The van der Waals surface area contributed by atoms with Crippen LogP contribution in [-0.4, -0.2) is 94.7 Å². The van der Waals surface area contributed by atoms with Crippen molar-refractivity contribution in [2.45, 2.75) is 18.5 Å². The van der Waals surface area contributed by atoms with Crippen LogP contribution in [-0.2, 0) is 4.79 Å². The van der Waals surface area contributed by atoms with E-state index < -0.39 is 5.97 Å². The third-order valence-electron chi connectivity index (χ3n) is 6.59. The Hall–Kier alpha value is -1.49. The fraction of sp³-hybridized carbons (Fsp3) is 0.500. The molecule has 4 heterocycles. The van der Waals surface area contributed by atoms with Gasteiger partial charge in [0.1, 0.15) is 5.56 Å². The topological polar surface area (TPSA) is 89.0 Å². The molecule has 3 aliphatic heterocycles. The molecule has 12 heteroatoms. The maximum Gasteiger partial charge on any atom is 0.339 e. The van der Waals surface area contributed by atoms with Crippen molar-refractivity contribution in [2.24, 2.45) is 0 Å². The Morgan fingerprint density at radius 3 is 2.47 bits per heavy atom. The van der Waals surface area contributed by atoms with Crippen LogP contribution in [0.3, 0.4) is 0 Å². The maximum absolute atomic E-state index is 12.7. The van der Waals surface area contributed by atoms with Gasteiger partial charge in [-0.05, 0) is 12.5 Å². The van der Waals surface area contributed by atoms with Crippen molar-refractivity contribution >= 4 is 77.4 Å². The molecular formula is C22H30Cl3N5O3S. The van der Waals surface area contributed by atoms with Gasteiger partial charge in [-0.15, -0.1) is 49.0 Å². The molecule has 5 rings (SSSR count). The van der Waals surface area contributed by atoms with Crippen molar-refractivity contribution in [3.8, 4) is 0 Å². The summed E-state index contributed by atoms with van der Waals surface area (Å²) in [4.78, 5) is 35.5. The number of aromatic nitrogens is 1. The highest BCUT2D eigenvalue weighted by atomic mass is 35.5. The third kappa shape index (κ3) is 5.66. The monoisotopic (exact) mass is 549 g/mol. The van der Waals surface area contributed by atoms with Gasteiger partial charge in [0.25, 0.3) is 0 Å². The van der Waals surface area contributed by atoms with Crippen molar-refractivity contribution < 1.29 is 14.7 Å². The number of rotatable bonds is 4. The van der Waals surface area contributed by atoms with Crippen molar-refractivity contribution in [2.75, 3.05) is 55.8 Å². The SMILES string of the molecule is Cl.Cl.Cl.O=C(O)c1cnc2ccccc2c1N1CCN([C@@H]2CN[C@H](C(=O)N3CCSC3)C2)CC1. The number of benzene rings is 1. The average Bonchev–Trinajstić information content (AvgIpc) is 3.50. The molecule has 2 atom stereocenters. The second-order valence-electron chi connectivity index (χ2n) is 8.36. The van der Waals surface area contributed by atoms with Crippen LogP contribution in [0.1, 0.15) is 16.8 Å². The first kappa shape index (κ1) is 28.7. The van der Waals surface area contributed by atoms with Crippen LogP contribution in [0.4, 0.5) is 5.69 Å². The van der Waals surface area contributed by atoms with Crippen LogP contribution in [0.2, 0.25) is 0 Å². The number of carbonyl (C=O) groups is 2. The number of fused-ring (bicyclic) bond motifs is 1. The van der Waals surface area contributed by atoms with E-state index in [1.54, 1.807) is 0 Å². The summed E-state index contributed by atoms with van der Waals surface area (Å²) in [6.45, 7) is 4.90. The van der Waals surface area contributed by atoms with Gasteiger partial charge in [0.05, 0.1) is 23.1 Å². The average molecular weight is 551 g/mol. The molecule has 3 saturated heterocycles. The smallest absolute Gasteiger partial charge is 0.339 e. The van der Waals surface area contributed by atoms with E-state index in [1.807, 2.05) is 40.9 Å². The van der Waals surface area contributed by atoms with E-state index in [0.29, 0.717) is 6.04 Å². The molecule has 34 heavy (non-hydrogen) atoms. The van der Waals surface area contributed by atoms with Crippen molar-refractivity contribution in [3.63, 3.8) is 0 Å². The number of carbonyl (C=O) groups excluding carboxylic acids is 1. The van der Waals surface area contributed by atoms with Gasteiger partial charge >= 0.3 is 5.97 Å². The number of nitrogens with zero attached hydrogens (tertiary/aromatic N) is 4. The zero-order valence-corrected chi connectivity index (χ0v) is 21.9. The van der Waals surface area contributed by atoms with Crippen molar-refractivity contribution in [1.82, 2.24) is 20.1 Å². The summed E-state index contributed by atoms with van der Waals surface area (Å²) < 4.78 is 0. The number of para-hydroxylation sites is 1. The Labute approximate surface area is 222 Å². The number of thioether (sulfide) groups is 1. The third-order valence-corrected chi connectivity index (χ3v) is 7.56. The number of carboxylic acids is 1. The van der Waals surface area contributed by atoms with Gasteiger partial charge in [0.2, 0.25) is 5.91 Å². The number of amides is 1. The molecule has 1 amide bonds. The maximum atomic E-state index is 12.7. The van der Waals surface area contributed by atoms with Crippen LogP contribution < -0.4 is 10.2 Å².